The number of aliphatic imine (C=N–C) groups is 2. The van der Waals surface area contributed by atoms with Crippen LogP contribution in [0.3, 0.4) is 0 Å². The van der Waals surface area contributed by atoms with E-state index < -0.39 is 6.17 Å². The van der Waals surface area contributed by atoms with Crippen molar-refractivity contribution in [1.29, 1.82) is 0 Å². The Labute approximate surface area is 305 Å². The van der Waals surface area contributed by atoms with Gasteiger partial charge in [0.15, 0.2) is 6.17 Å². The minimum atomic E-state index is -0.475. The maximum atomic E-state index is 6.64. The van der Waals surface area contributed by atoms with E-state index in [-0.39, 0.29) is 0 Å². The second-order valence-electron chi connectivity index (χ2n) is 13.8. The van der Waals surface area contributed by atoms with E-state index in [0.717, 1.165) is 62.2 Å². The third kappa shape index (κ3) is 4.85. The lowest BCUT2D eigenvalue weighted by molar-refractivity contribution is 0.666. The van der Waals surface area contributed by atoms with Gasteiger partial charge >= 0.3 is 0 Å². The third-order valence-corrected chi connectivity index (χ3v) is 10.7. The quantitative estimate of drug-likeness (QED) is 0.197. The summed E-state index contributed by atoms with van der Waals surface area (Å²) < 4.78 is 9.07. The van der Waals surface area contributed by atoms with Crippen molar-refractivity contribution in [2.75, 3.05) is 0 Å². The van der Waals surface area contributed by atoms with Gasteiger partial charge in [-0.15, -0.1) is 0 Å². The molecule has 1 aliphatic heterocycles. The van der Waals surface area contributed by atoms with Crippen molar-refractivity contribution < 1.29 is 4.42 Å². The fraction of sp³-hybridized carbons (Fsp3) is 0.0417. The van der Waals surface area contributed by atoms with Gasteiger partial charge in [0.1, 0.15) is 22.8 Å². The number of benzene rings is 8. The van der Waals surface area contributed by atoms with Gasteiger partial charge in [0.2, 0.25) is 0 Å². The van der Waals surface area contributed by atoms with Crippen molar-refractivity contribution in [1.82, 2.24) is 9.88 Å². The Bertz CT molecular complexity index is 3130. The fourth-order valence-corrected chi connectivity index (χ4v) is 8.20. The first-order chi connectivity index (χ1) is 26.2. The smallest absolute Gasteiger partial charge is 0.170 e. The number of fused-ring (bicyclic) bond motifs is 8. The number of hydrogen-bond donors (Lipinski definition) is 1. The Balaban J connectivity index is 1.04. The van der Waals surface area contributed by atoms with Crippen molar-refractivity contribution >= 4 is 77.0 Å². The summed E-state index contributed by atoms with van der Waals surface area (Å²) in [5.41, 5.74) is 8.38. The largest absolute Gasteiger partial charge is 0.456 e. The SMILES string of the molecule is c1ccc(C2=NC(c3cccc4oc5cc(Cn6c7ccccc7c7cc8ccccc8cc76)ccc5c34)N=C(c3cccc4ccccc34)N2)cc1. The Morgan fingerprint density at radius 2 is 1.23 bits per heavy atom. The molecule has 250 valence electrons. The van der Waals surface area contributed by atoms with Gasteiger partial charge in [-0.1, -0.05) is 140 Å². The second kappa shape index (κ2) is 11.8. The fourth-order valence-electron chi connectivity index (χ4n) is 8.20. The molecule has 5 heteroatoms. The van der Waals surface area contributed by atoms with Crippen LogP contribution in [0.2, 0.25) is 0 Å². The van der Waals surface area contributed by atoms with Gasteiger partial charge in [-0.25, -0.2) is 9.98 Å². The van der Waals surface area contributed by atoms with Crippen molar-refractivity contribution in [3.8, 4) is 0 Å². The van der Waals surface area contributed by atoms with Gasteiger partial charge in [-0.2, -0.15) is 0 Å². The molecular formula is C48H32N4O. The molecule has 1 aliphatic rings. The lowest BCUT2D eigenvalue weighted by Gasteiger charge is -2.23. The van der Waals surface area contributed by atoms with Crippen LogP contribution in [0.15, 0.2) is 184 Å². The number of nitrogens with one attached hydrogen (secondary N) is 1. The second-order valence-corrected chi connectivity index (χ2v) is 13.8. The molecule has 2 aromatic heterocycles. The molecule has 0 radical (unpaired) electrons. The minimum absolute atomic E-state index is 0.475. The monoisotopic (exact) mass is 680 g/mol. The molecule has 53 heavy (non-hydrogen) atoms. The van der Waals surface area contributed by atoms with E-state index in [1.165, 1.54) is 43.5 Å². The van der Waals surface area contributed by atoms with Crippen LogP contribution < -0.4 is 5.32 Å². The van der Waals surface area contributed by atoms with E-state index in [4.69, 9.17) is 14.4 Å². The van der Waals surface area contributed by atoms with Crippen LogP contribution in [0.25, 0.3) is 65.3 Å². The van der Waals surface area contributed by atoms with Crippen LogP contribution in [0.5, 0.6) is 0 Å². The van der Waals surface area contributed by atoms with Crippen LogP contribution in [-0.2, 0) is 6.54 Å². The van der Waals surface area contributed by atoms with Crippen LogP contribution >= 0.6 is 0 Å². The predicted octanol–water partition coefficient (Wildman–Crippen LogP) is 11.5. The van der Waals surface area contributed by atoms with Crippen molar-refractivity contribution in [3.63, 3.8) is 0 Å². The molecule has 0 aliphatic carbocycles. The third-order valence-electron chi connectivity index (χ3n) is 10.7. The van der Waals surface area contributed by atoms with Gasteiger partial charge in [-0.05, 0) is 57.4 Å². The number of aromatic nitrogens is 1. The maximum Gasteiger partial charge on any atom is 0.170 e. The highest BCUT2D eigenvalue weighted by atomic mass is 16.3. The average molecular weight is 681 g/mol. The van der Waals surface area contributed by atoms with Crippen molar-refractivity contribution in [2.45, 2.75) is 12.7 Å². The summed E-state index contributed by atoms with van der Waals surface area (Å²) in [5.74, 6) is 1.59. The highest BCUT2D eigenvalue weighted by Gasteiger charge is 2.25. The van der Waals surface area contributed by atoms with E-state index in [0.29, 0.717) is 0 Å². The molecular weight excluding hydrogens is 649 g/mol. The minimum Gasteiger partial charge on any atom is -0.456 e. The summed E-state index contributed by atoms with van der Waals surface area (Å²) in [6.45, 7) is 0.722. The van der Waals surface area contributed by atoms with E-state index in [1.807, 2.05) is 18.2 Å². The maximum absolute atomic E-state index is 6.64. The van der Waals surface area contributed by atoms with Gasteiger partial charge in [0.25, 0.3) is 0 Å². The molecule has 5 nitrogen and oxygen atoms in total. The highest BCUT2D eigenvalue weighted by molar-refractivity contribution is 6.20. The average Bonchev–Trinajstić information content (AvgIpc) is 3.74. The lowest BCUT2D eigenvalue weighted by Crippen LogP contribution is -2.36. The van der Waals surface area contributed by atoms with Gasteiger partial charge < -0.3 is 14.3 Å². The van der Waals surface area contributed by atoms with Gasteiger partial charge in [0.05, 0.1) is 5.52 Å². The molecule has 0 fully saturated rings. The first-order valence-electron chi connectivity index (χ1n) is 18.1. The molecule has 0 saturated heterocycles. The Hall–Kier alpha value is -6.98. The van der Waals surface area contributed by atoms with Crippen LogP contribution in [-0.4, -0.2) is 16.2 Å². The summed E-state index contributed by atoms with van der Waals surface area (Å²) in [6.07, 6.45) is -0.475. The molecule has 0 amide bonds. The zero-order valence-electron chi connectivity index (χ0n) is 28.7. The predicted molar refractivity (Wildman–Crippen MR) is 219 cm³/mol. The molecule has 3 heterocycles. The lowest BCUT2D eigenvalue weighted by atomic mass is 10.0. The molecule has 10 aromatic rings. The first kappa shape index (κ1) is 29.7. The summed E-state index contributed by atoms with van der Waals surface area (Å²) in [7, 11) is 0. The van der Waals surface area contributed by atoms with E-state index in [2.05, 4.69) is 162 Å². The Morgan fingerprint density at radius 3 is 2.11 bits per heavy atom. The zero-order chi connectivity index (χ0) is 34.9. The van der Waals surface area contributed by atoms with Crippen molar-refractivity contribution in [3.05, 3.63) is 192 Å². The molecule has 0 bridgehead atoms. The molecule has 11 rings (SSSR count). The van der Waals surface area contributed by atoms with Gasteiger partial charge in [0, 0.05) is 50.3 Å². The number of rotatable bonds is 5. The Kier molecular flexibility index (Phi) is 6.61. The topological polar surface area (TPSA) is 54.8 Å². The highest BCUT2D eigenvalue weighted by Crippen LogP contribution is 2.39. The zero-order valence-corrected chi connectivity index (χ0v) is 28.7. The summed E-state index contributed by atoms with van der Waals surface area (Å²) in [6, 6.07) is 60.0. The number of para-hydroxylation sites is 1. The van der Waals surface area contributed by atoms with Crippen LogP contribution in [0.1, 0.15) is 28.4 Å². The molecule has 0 spiro atoms. The van der Waals surface area contributed by atoms with E-state index in [1.54, 1.807) is 0 Å². The number of amidine groups is 2. The Morgan fingerprint density at radius 1 is 0.509 bits per heavy atom. The summed E-state index contributed by atoms with van der Waals surface area (Å²) in [4.78, 5) is 10.5. The van der Waals surface area contributed by atoms with E-state index in [9.17, 15) is 0 Å². The van der Waals surface area contributed by atoms with E-state index >= 15 is 0 Å². The molecule has 0 saturated carbocycles. The summed E-state index contributed by atoms with van der Waals surface area (Å²) >= 11 is 0. The molecule has 1 N–H and O–H groups in total. The number of hydrogen-bond acceptors (Lipinski definition) is 4. The van der Waals surface area contributed by atoms with Crippen LogP contribution in [0.4, 0.5) is 0 Å². The first-order valence-corrected chi connectivity index (χ1v) is 18.1. The number of nitrogens with zero attached hydrogens (tertiary/aromatic N) is 3. The normalized spacial score (nSPS) is 14.7. The number of furan rings is 1. The van der Waals surface area contributed by atoms with Crippen LogP contribution in [0, 0.1) is 0 Å². The van der Waals surface area contributed by atoms with Gasteiger partial charge in [-0.3, -0.25) is 0 Å². The van der Waals surface area contributed by atoms with Crippen molar-refractivity contribution in [2.24, 2.45) is 9.98 Å². The standard InChI is InChI=1S/C48H32N4O/c1-2-13-32(14-3-1)46-49-47(37-20-10-17-31-12-6-7-18-35(31)37)51-48(50-46)39-21-11-23-43-45(39)38-25-24-30(26-44(38)53-43)29-52-41-22-9-8-19-36(41)40-27-33-15-4-5-16-34(33)28-42(40)52/h1-28,48H,29H2,(H,49,50,51). The molecule has 8 aromatic carbocycles. The summed E-state index contributed by atoms with van der Waals surface area (Å²) in [5, 5.41) is 13.0. The molecule has 1 unspecified atom stereocenters. The molecule has 1 atom stereocenters.